The Hall–Kier alpha value is -1.35. The van der Waals surface area contributed by atoms with E-state index in [1.807, 2.05) is 30.3 Å². The quantitative estimate of drug-likeness (QED) is 0.766. The maximum Gasteiger partial charge on any atom is 0.123 e. The van der Waals surface area contributed by atoms with Gasteiger partial charge in [0.05, 0.1) is 11.9 Å². The van der Waals surface area contributed by atoms with Gasteiger partial charge in [-0.1, -0.05) is 46.3 Å². The number of alkyl halides is 1. The third kappa shape index (κ3) is 2.67. The first-order valence-electron chi connectivity index (χ1n) is 5.25. The summed E-state index contributed by atoms with van der Waals surface area (Å²) < 4.78 is 18.5. The minimum Gasteiger partial charge on any atom is -0.496 e. The molecular formula is C14H12BrFO. The zero-order valence-corrected chi connectivity index (χ0v) is 10.9. The molecule has 0 fully saturated rings. The van der Waals surface area contributed by atoms with Crippen LogP contribution in [0.25, 0.3) is 0 Å². The highest BCUT2D eigenvalue weighted by atomic mass is 79.9. The second kappa shape index (κ2) is 5.32. The van der Waals surface area contributed by atoms with Crippen molar-refractivity contribution in [2.45, 2.75) is 4.83 Å². The van der Waals surface area contributed by atoms with E-state index in [0.29, 0.717) is 5.75 Å². The summed E-state index contributed by atoms with van der Waals surface area (Å²) in [7, 11) is 1.58. The molecule has 0 saturated heterocycles. The first-order valence-corrected chi connectivity index (χ1v) is 6.16. The predicted molar refractivity (Wildman–Crippen MR) is 70.2 cm³/mol. The minimum absolute atomic E-state index is 0.0747. The lowest BCUT2D eigenvalue weighted by Gasteiger charge is -2.14. The Bertz CT molecular complexity index is 499. The monoisotopic (exact) mass is 294 g/mol. The molecule has 0 amide bonds. The summed E-state index contributed by atoms with van der Waals surface area (Å²) in [6.45, 7) is 0. The van der Waals surface area contributed by atoms with Crippen LogP contribution in [0.2, 0.25) is 0 Å². The van der Waals surface area contributed by atoms with Crippen LogP contribution in [-0.4, -0.2) is 7.11 Å². The first-order chi connectivity index (χ1) is 8.22. The van der Waals surface area contributed by atoms with Gasteiger partial charge in [0.1, 0.15) is 11.6 Å². The molecule has 17 heavy (non-hydrogen) atoms. The van der Waals surface area contributed by atoms with E-state index in [0.717, 1.165) is 11.1 Å². The Morgan fingerprint density at radius 1 is 1.12 bits per heavy atom. The molecule has 1 unspecified atom stereocenters. The average Bonchev–Trinajstić information content (AvgIpc) is 2.39. The van der Waals surface area contributed by atoms with E-state index < -0.39 is 0 Å². The lowest BCUT2D eigenvalue weighted by Crippen LogP contribution is -1.97. The maximum atomic E-state index is 13.3. The molecule has 88 valence electrons. The topological polar surface area (TPSA) is 9.23 Å². The summed E-state index contributed by atoms with van der Waals surface area (Å²) in [5.41, 5.74) is 1.86. The van der Waals surface area contributed by atoms with Crippen molar-refractivity contribution in [2.75, 3.05) is 7.11 Å². The Kier molecular flexibility index (Phi) is 3.79. The van der Waals surface area contributed by atoms with Crippen LogP contribution < -0.4 is 4.74 Å². The molecule has 0 spiro atoms. The predicted octanol–water partition coefficient (Wildman–Crippen LogP) is 4.32. The third-order valence-corrected chi connectivity index (χ3v) is 3.58. The molecule has 0 bridgehead atoms. The largest absolute Gasteiger partial charge is 0.496 e. The zero-order valence-electron chi connectivity index (χ0n) is 9.36. The number of hydrogen-bond donors (Lipinski definition) is 0. The highest BCUT2D eigenvalue weighted by Gasteiger charge is 2.15. The average molecular weight is 295 g/mol. The van der Waals surface area contributed by atoms with E-state index in [1.165, 1.54) is 12.1 Å². The number of methoxy groups -OCH3 is 1. The summed E-state index contributed by atoms with van der Waals surface area (Å²) in [5.74, 6) is 0.415. The molecule has 2 aromatic carbocycles. The van der Waals surface area contributed by atoms with Gasteiger partial charge in [-0.05, 0) is 23.8 Å². The number of hydrogen-bond acceptors (Lipinski definition) is 1. The van der Waals surface area contributed by atoms with Gasteiger partial charge in [-0.2, -0.15) is 0 Å². The van der Waals surface area contributed by atoms with Gasteiger partial charge < -0.3 is 4.74 Å². The van der Waals surface area contributed by atoms with Gasteiger partial charge in [-0.3, -0.25) is 0 Å². The highest BCUT2D eigenvalue weighted by Crippen LogP contribution is 2.36. The zero-order chi connectivity index (χ0) is 12.3. The summed E-state index contributed by atoms with van der Waals surface area (Å²) in [6, 6.07) is 14.4. The van der Waals surface area contributed by atoms with E-state index in [9.17, 15) is 4.39 Å². The van der Waals surface area contributed by atoms with E-state index in [4.69, 9.17) is 4.74 Å². The molecule has 1 nitrogen and oxygen atoms in total. The SMILES string of the molecule is COc1ccc(F)cc1C(Br)c1ccccc1. The molecule has 0 saturated carbocycles. The second-order valence-electron chi connectivity index (χ2n) is 3.66. The molecule has 0 radical (unpaired) electrons. The lowest BCUT2D eigenvalue weighted by atomic mass is 10.0. The van der Waals surface area contributed by atoms with Crippen molar-refractivity contribution in [3.05, 3.63) is 65.5 Å². The van der Waals surface area contributed by atoms with Crippen molar-refractivity contribution in [1.82, 2.24) is 0 Å². The van der Waals surface area contributed by atoms with Crippen LogP contribution in [0.15, 0.2) is 48.5 Å². The van der Waals surface area contributed by atoms with Crippen LogP contribution in [0.3, 0.4) is 0 Å². The fourth-order valence-corrected chi connectivity index (χ4v) is 2.37. The Labute approximate surface area is 108 Å². The van der Waals surface area contributed by atoms with Gasteiger partial charge in [0.2, 0.25) is 0 Å². The fraction of sp³-hybridized carbons (Fsp3) is 0.143. The van der Waals surface area contributed by atoms with Crippen molar-refractivity contribution >= 4 is 15.9 Å². The van der Waals surface area contributed by atoms with E-state index in [2.05, 4.69) is 15.9 Å². The van der Waals surface area contributed by atoms with Gasteiger partial charge in [-0.15, -0.1) is 0 Å². The molecular weight excluding hydrogens is 283 g/mol. The van der Waals surface area contributed by atoms with Gasteiger partial charge in [0, 0.05) is 5.56 Å². The van der Waals surface area contributed by atoms with Gasteiger partial charge >= 0.3 is 0 Å². The van der Waals surface area contributed by atoms with E-state index in [1.54, 1.807) is 13.2 Å². The Balaban J connectivity index is 2.43. The number of ether oxygens (including phenoxy) is 1. The Morgan fingerprint density at radius 2 is 1.82 bits per heavy atom. The normalized spacial score (nSPS) is 12.2. The summed E-state index contributed by atoms with van der Waals surface area (Å²) >= 11 is 3.57. The first kappa shape index (κ1) is 12.1. The van der Waals surface area contributed by atoms with E-state index >= 15 is 0 Å². The number of rotatable bonds is 3. The van der Waals surface area contributed by atoms with Crippen molar-refractivity contribution in [3.8, 4) is 5.75 Å². The number of benzene rings is 2. The maximum absolute atomic E-state index is 13.3. The van der Waals surface area contributed by atoms with Crippen LogP contribution in [0.5, 0.6) is 5.75 Å². The summed E-state index contributed by atoms with van der Waals surface area (Å²) in [6.07, 6.45) is 0. The highest BCUT2D eigenvalue weighted by molar-refractivity contribution is 9.09. The van der Waals surface area contributed by atoms with Crippen LogP contribution in [0.4, 0.5) is 4.39 Å². The molecule has 3 heteroatoms. The summed E-state index contributed by atoms with van der Waals surface area (Å²) in [4.78, 5) is -0.0747. The van der Waals surface area contributed by atoms with Crippen LogP contribution in [-0.2, 0) is 0 Å². The van der Waals surface area contributed by atoms with Gasteiger partial charge in [0.25, 0.3) is 0 Å². The molecule has 0 heterocycles. The van der Waals surface area contributed by atoms with Gasteiger partial charge in [-0.25, -0.2) is 4.39 Å². The van der Waals surface area contributed by atoms with Crippen molar-refractivity contribution < 1.29 is 9.13 Å². The molecule has 0 N–H and O–H groups in total. The second-order valence-corrected chi connectivity index (χ2v) is 4.58. The van der Waals surface area contributed by atoms with Gasteiger partial charge in [0.15, 0.2) is 0 Å². The van der Waals surface area contributed by atoms with Crippen LogP contribution in [0.1, 0.15) is 16.0 Å². The van der Waals surface area contributed by atoms with Crippen molar-refractivity contribution in [3.63, 3.8) is 0 Å². The fourth-order valence-electron chi connectivity index (χ4n) is 1.70. The van der Waals surface area contributed by atoms with Crippen molar-refractivity contribution in [1.29, 1.82) is 0 Å². The molecule has 1 atom stereocenters. The lowest BCUT2D eigenvalue weighted by molar-refractivity contribution is 0.409. The van der Waals surface area contributed by atoms with Crippen LogP contribution >= 0.6 is 15.9 Å². The molecule has 0 aliphatic carbocycles. The minimum atomic E-state index is -0.263. The molecule has 0 aromatic heterocycles. The standard InChI is InChI=1S/C14H12BrFO/c1-17-13-8-7-11(16)9-12(13)14(15)10-5-3-2-4-6-10/h2-9,14H,1H3. The van der Waals surface area contributed by atoms with E-state index in [-0.39, 0.29) is 10.6 Å². The number of halogens is 2. The Morgan fingerprint density at radius 3 is 2.47 bits per heavy atom. The molecule has 2 rings (SSSR count). The summed E-state index contributed by atoms with van der Waals surface area (Å²) in [5, 5.41) is 0. The van der Waals surface area contributed by atoms with Crippen LogP contribution in [0, 0.1) is 5.82 Å². The molecule has 2 aromatic rings. The molecule has 0 aliphatic rings. The van der Waals surface area contributed by atoms with Crippen molar-refractivity contribution in [2.24, 2.45) is 0 Å². The smallest absolute Gasteiger partial charge is 0.123 e. The molecule has 0 aliphatic heterocycles. The third-order valence-electron chi connectivity index (χ3n) is 2.56.